The van der Waals surface area contributed by atoms with E-state index in [1.54, 1.807) is 0 Å². The normalized spacial score (nSPS) is 34.1. The van der Waals surface area contributed by atoms with Crippen molar-refractivity contribution in [2.24, 2.45) is 0 Å². The van der Waals surface area contributed by atoms with E-state index in [1.165, 1.54) is 50.8 Å². The van der Waals surface area contributed by atoms with E-state index in [4.69, 9.17) is 11.6 Å². The molecule has 0 spiro atoms. The summed E-state index contributed by atoms with van der Waals surface area (Å²) in [6, 6.07) is 10.8. The van der Waals surface area contributed by atoms with E-state index in [9.17, 15) is 0 Å². The van der Waals surface area contributed by atoms with Crippen LogP contribution in [-0.4, -0.2) is 36.1 Å². The van der Waals surface area contributed by atoms with Crippen molar-refractivity contribution in [2.45, 2.75) is 56.1 Å². The maximum absolute atomic E-state index is 5.95. The number of benzene rings is 1. The maximum Gasteiger partial charge on any atom is 0.0406 e. The van der Waals surface area contributed by atoms with E-state index in [0.717, 1.165) is 29.1 Å². The van der Waals surface area contributed by atoms with Gasteiger partial charge in [-0.1, -0.05) is 23.7 Å². The van der Waals surface area contributed by atoms with Crippen molar-refractivity contribution in [2.75, 3.05) is 13.1 Å². The van der Waals surface area contributed by atoms with Crippen LogP contribution in [0.1, 0.15) is 43.6 Å². The largest absolute Gasteiger partial charge is 0.310 e. The molecule has 0 bridgehead atoms. The molecule has 1 aromatic rings. The number of hydrogen-bond acceptors (Lipinski definition) is 2. The number of likely N-dealkylation sites (tertiary alicyclic amines) is 1. The third-order valence-corrected chi connectivity index (χ3v) is 5.49. The first-order valence-electron chi connectivity index (χ1n) is 8.03. The number of rotatable bonds is 4. The topological polar surface area (TPSA) is 15.3 Å². The Morgan fingerprint density at radius 2 is 1.75 bits per heavy atom. The maximum atomic E-state index is 5.95. The molecule has 4 rings (SSSR count). The van der Waals surface area contributed by atoms with Crippen molar-refractivity contribution in [3.63, 3.8) is 0 Å². The Kier molecular flexibility index (Phi) is 3.49. The van der Waals surface area contributed by atoms with Crippen LogP contribution >= 0.6 is 11.6 Å². The summed E-state index contributed by atoms with van der Waals surface area (Å²) < 4.78 is 0. The Morgan fingerprint density at radius 1 is 1.00 bits per heavy atom. The van der Waals surface area contributed by atoms with Gasteiger partial charge in [-0.3, -0.25) is 4.90 Å². The molecular weight excluding hydrogens is 268 g/mol. The highest BCUT2D eigenvalue weighted by Gasteiger charge is 2.37. The molecule has 3 fully saturated rings. The molecule has 0 aromatic heterocycles. The minimum Gasteiger partial charge on any atom is -0.310 e. The number of hydrogen-bond donors (Lipinski definition) is 1. The van der Waals surface area contributed by atoms with E-state index in [2.05, 4.69) is 22.3 Å². The van der Waals surface area contributed by atoms with Crippen molar-refractivity contribution in [1.82, 2.24) is 10.2 Å². The highest BCUT2D eigenvalue weighted by molar-refractivity contribution is 6.30. The fourth-order valence-corrected chi connectivity index (χ4v) is 3.92. The monoisotopic (exact) mass is 290 g/mol. The molecule has 0 amide bonds. The molecule has 1 aliphatic heterocycles. The lowest BCUT2D eigenvalue weighted by Gasteiger charge is -2.38. The van der Waals surface area contributed by atoms with Gasteiger partial charge >= 0.3 is 0 Å². The van der Waals surface area contributed by atoms with Gasteiger partial charge in [0, 0.05) is 36.2 Å². The molecule has 1 saturated heterocycles. The number of halogens is 1. The molecule has 20 heavy (non-hydrogen) atoms. The first-order chi connectivity index (χ1) is 9.78. The van der Waals surface area contributed by atoms with E-state index in [1.807, 2.05) is 12.1 Å². The van der Waals surface area contributed by atoms with Gasteiger partial charge in [0.1, 0.15) is 0 Å². The minimum atomic E-state index is 0.736. The van der Waals surface area contributed by atoms with Crippen LogP contribution in [-0.2, 0) is 0 Å². The number of nitrogens with zero attached hydrogens (tertiary/aromatic N) is 1. The quantitative estimate of drug-likeness (QED) is 0.914. The second kappa shape index (κ2) is 5.32. The molecule has 1 atom stereocenters. The van der Waals surface area contributed by atoms with Gasteiger partial charge in [0.2, 0.25) is 0 Å². The predicted octanol–water partition coefficient (Wildman–Crippen LogP) is 3.41. The van der Waals surface area contributed by atoms with Gasteiger partial charge in [-0.2, -0.15) is 0 Å². The Labute approximate surface area is 126 Å². The summed E-state index contributed by atoms with van der Waals surface area (Å²) in [7, 11) is 0. The van der Waals surface area contributed by atoms with Gasteiger partial charge in [0.25, 0.3) is 0 Å². The molecule has 0 radical (unpaired) electrons. The van der Waals surface area contributed by atoms with Crippen molar-refractivity contribution in [3.8, 4) is 0 Å². The highest BCUT2D eigenvalue weighted by atomic mass is 35.5. The van der Waals surface area contributed by atoms with Crippen LogP contribution in [0.4, 0.5) is 0 Å². The predicted molar refractivity (Wildman–Crippen MR) is 83.4 cm³/mol. The summed E-state index contributed by atoms with van der Waals surface area (Å²) >= 11 is 5.95. The van der Waals surface area contributed by atoms with Crippen LogP contribution in [0.3, 0.4) is 0 Å². The summed E-state index contributed by atoms with van der Waals surface area (Å²) in [5, 5.41) is 4.71. The Balaban J connectivity index is 1.24. The minimum absolute atomic E-state index is 0.736. The summed E-state index contributed by atoms with van der Waals surface area (Å²) in [6.07, 6.45) is 6.81. The molecule has 3 aliphatic rings. The van der Waals surface area contributed by atoms with Gasteiger partial charge in [-0.25, -0.2) is 0 Å². The second-order valence-electron chi connectivity index (χ2n) is 6.80. The first-order valence-corrected chi connectivity index (χ1v) is 8.41. The Bertz CT molecular complexity index is 462. The summed E-state index contributed by atoms with van der Waals surface area (Å²) in [5.74, 6) is 0.741. The standard InChI is InChI=1S/C17H23ClN2/c18-14-3-1-12(2-4-14)13-9-16(10-13)19-15-7-8-20(11-15)17-5-6-17/h1-4,13,15-17,19H,5-11H2. The summed E-state index contributed by atoms with van der Waals surface area (Å²) in [6.45, 7) is 2.60. The number of nitrogens with one attached hydrogen (secondary N) is 1. The Morgan fingerprint density at radius 3 is 2.45 bits per heavy atom. The molecule has 2 nitrogen and oxygen atoms in total. The second-order valence-corrected chi connectivity index (χ2v) is 7.23. The van der Waals surface area contributed by atoms with Gasteiger partial charge in [0.05, 0.1) is 0 Å². The lowest BCUT2D eigenvalue weighted by Crippen LogP contribution is -2.46. The molecule has 2 aliphatic carbocycles. The lowest BCUT2D eigenvalue weighted by molar-refractivity contribution is 0.255. The highest BCUT2D eigenvalue weighted by Crippen LogP contribution is 2.38. The van der Waals surface area contributed by atoms with E-state index >= 15 is 0 Å². The SMILES string of the molecule is Clc1ccc(C2CC(NC3CCN(C4CC4)C3)C2)cc1. The molecule has 108 valence electrons. The van der Waals surface area contributed by atoms with Crippen molar-refractivity contribution in [3.05, 3.63) is 34.9 Å². The van der Waals surface area contributed by atoms with Crippen LogP contribution in [0.15, 0.2) is 24.3 Å². The zero-order valence-electron chi connectivity index (χ0n) is 11.9. The van der Waals surface area contributed by atoms with Crippen molar-refractivity contribution in [1.29, 1.82) is 0 Å². The molecule has 2 saturated carbocycles. The lowest BCUT2D eigenvalue weighted by atomic mass is 9.75. The fourth-order valence-electron chi connectivity index (χ4n) is 3.79. The van der Waals surface area contributed by atoms with Gasteiger partial charge in [0.15, 0.2) is 0 Å². The zero-order valence-corrected chi connectivity index (χ0v) is 12.6. The van der Waals surface area contributed by atoms with Crippen LogP contribution in [0.5, 0.6) is 0 Å². The fraction of sp³-hybridized carbons (Fsp3) is 0.647. The summed E-state index contributed by atoms with van der Waals surface area (Å²) in [4.78, 5) is 2.69. The molecule has 1 N–H and O–H groups in total. The molecular formula is C17H23ClN2. The van der Waals surface area contributed by atoms with Crippen molar-refractivity contribution < 1.29 is 0 Å². The molecule has 1 unspecified atom stereocenters. The third-order valence-electron chi connectivity index (χ3n) is 5.23. The average molecular weight is 291 g/mol. The average Bonchev–Trinajstić information content (AvgIpc) is 3.15. The van der Waals surface area contributed by atoms with E-state index in [-0.39, 0.29) is 0 Å². The molecule has 1 heterocycles. The van der Waals surface area contributed by atoms with Crippen molar-refractivity contribution >= 4 is 11.6 Å². The smallest absolute Gasteiger partial charge is 0.0406 e. The van der Waals surface area contributed by atoms with E-state index in [0.29, 0.717) is 0 Å². The van der Waals surface area contributed by atoms with Crippen LogP contribution in [0.25, 0.3) is 0 Å². The zero-order chi connectivity index (χ0) is 13.5. The van der Waals surface area contributed by atoms with Gasteiger partial charge < -0.3 is 5.32 Å². The first kappa shape index (κ1) is 13.1. The van der Waals surface area contributed by atoms with Crippen LogP contribution in [0, 0.1) is 0 Å². The van der Waals surface area contributed by atoms with Crippen LogP contribution < -0.4 is 5.32 Å². The summed E-state index contributed by atoms with van der Waals surface area (Å²) in [5.41, 5.74) is 1.46. The van der Waals surface area contributed by atoms with E-state index < -0.39 is 0 Å². The van der Waals surface area contributed by atoms with Crippen LogP contribution in [0.2, 0.25) is 5.02 Å². The molecule has 1 aromatic carbocycles. The van der Waals surface area contributed by atoms with Gasteiger partial charge in [-0.05, 0) is 55.7 Å². The molecule has 3 heteroatoms. The third kappa shape index (κ3) is 2.74. The Hall–Kier alpha value is -0.570. The van der Waals surface area contributed by atoms with Gasteiger partial charge in [-0.15, -0.1) is 0 Å².